The van der Waals surface area contributed by atoms with E-state index in [4.69, 9.17) is 23.7 Å². The Morgan fingerprint density at radius 3 is 2.74 bits per heavy atom. The highest BCUT2D eigenvalue weighted by molar-refractivity contribution is 5.56. The normalized spacial score (nSPS) is 31.0. The fraction of sp³-hybridized carbons (Fsp3) is 0.556. The molecule has 2 atom stereocenters. The van der Waals surface area contributed by atoms with Crippen molar-refractivity contribution in [2.75, 3.05) is 27.4 Å². The van der Waals surface area contributed by atoms with Crippen molar-refractivity contribution in [1.29, 1.82) is 0 Å². The van der Waals surface area contributed by atoms with Gasteiger partial charge in [-0.3, -0.25) is 0 Å². The van der Waals surface area contributed by atoms with Crippen molar-refractivity contribution in [3.05, 3.63) is 36.1 Å². The summed E-state index contributed by atoms with van der Waals surface area (Å²) in [5.74, 6) is 1.10. The molecule has 1 saturated heterocycles. The standard InChI is InChI=1S/C18H22O5/c1-19-9-8-17-6-7-18(21-10-11-22-18)12-15(17)23-16-13(17)4-3-5-14(16)20-2/h3-5,8-9,15H,6-7,10-12H2,1-2H3/b9-8-/t15-,17+/m0/s1. The molecule has 0 radical (unpaired) electrons. The Hall–Kier alpha value is -1.72. The second kappa shape index (κ2) is 5.42. The molecule has 0 amide bonds. The van der Waals surface area contributed by atoms with Gasteiger partial charge in [0.2, 0.25) is 0 Å². The molecule has 124 valence electrons. The number of hydrogen-bond donors (Lipinski definition) is 0. The molecule has 0 unspecified atom stereocenters. The first-order valence-electron chi connectivity index (χ1n) is 8.06. The Morgan fingerprint density at radius 2 is 2.00 bits per heavy atom. The van der Waals surface area contributed by atoms with Gasteiger partial charge in [0.25, 0.3) is 0 Å². The van der Waals surface area contributed by atoms with Crippen LogP contribution in [-0.2, 0) is 19.6 Å². The fourth-order valence-corrected chi connectivity index (χ4v) is 4.12. The molecule has 2 heterocycles. The van der Waals surface area contributed by atoms with E-state index in [0.29, 0.717) is 19.6 Å². The summed E-state index contributed by atoms with van der Waals surface area (Å²) in [4.78, 5) is 0. The Morgan fingerprint density at radius 1 is 1.17 bits per heavy atom. The molecule has 1 spiro atoms. The molecule has 0 aromatic heterocycles. The molecule has 2 fully saturated rings. The zero-order valence-electron chi connectivity index (χ0n) is 13.5. The SMILES string of the molecule is CO/C=C\[C@@]12CCC3(C[C@@H]1Oc1c(OC)cccc12)OCCO3. The third kappa shape index (κ3) is 2.14. The first-order valence-corrected chi connectivity index (χ1v) is 8.06. The number of fused-ring (bicyclic) bond motifs is 3. The maximum absolute atomic E-state index is 6.33. The van der Waals surface area contributed by atoms with Gasteiger partial charge >= 0.3 is 0 Å². The van der Waals surface area contributed by atoms with E-state index in [-0.39, 0.29) is 11.5 Å². The van der Waals surface area contributed by atoms with Crippen molar-refractivity contribution in [2.24, 2.45) is 0 Å². The smallest absolute Gasteiger partial charge is 0.172 e. The number of rotatable bonds is 3. The lowest BCUT2D eigenvalue weighted by Crippen LogP contribution is -2.50. The van der Waals surface area contributed by atoms with Gasteiger partial charge in [0.15, 0.2) is 17.3 Å². The summed E-state index contributed by atoms with van der Waals surface area (Å²) in [5, 5.41) is 0. The summed E-state index contributed by atoms with van der Waals surface area (Å²) in [7, 11) is 3.33. The first kappa shape index (κ1) is 14.8. The van der Waals surface area contributed by atoms with Crippen molar-refractivity contribution in [3.8, 4) is 11.5 Å². The van der Waals surface area contributed by atoms with Crippen molar-refractivity contribution >= 4 is 0 Å². The number of benzene rings is 1. The van der Waals surface area contributed by atoms with Crippen molar-refractivity contribution in [2.45, 2.75) is 36.6 Å². The van der Waals surface area contributed by atoms with Crippen molar-refractivity contribution in [1.82, 2.24) is 0 Å². The lowest BCUT2D eigenvalue weighted by molar-refractivity contribution is -0.198. The minimum absolute atomic E-state index is 0.0490. The van der Waals surface area contributed by atoms with E-state index < -0.39 is 5.79 Å². The van der Waals surface area contributed by atoms with Crippen LogP contribution < -0.4 is 9.47 Å². The molecule has 1 aromatic carbocycles. The van der Waals surface area contributed by atoms with E-state index in [2.05, 4.69) is 12.1 Å². The van der Waals surface area contributed by atoms with E-state index in [1.165, 1.54) is 0 Å². The van der Waals surface area contributed by atoms with Gasteiger partial charge in [-0.15, -0.1) is 0 Å². The van der Waals surface area contributed by atoms with Crippen LogP contribution in [0.3, 0.4) is 0 Å². The highest BCUT2D eigenvalue weighted by atomic mass is 16.7. The van der Waals surface area contributed by atoms with Crippen LogP contribution in [-0.4, -0.2) is 39.3 Å². The van der Waals surface area contributed by atoms with Crippen LogP contribution in [0.5, 0.6) is 11.5 Å². The summed E-state index contributed by atoms with van der Waals surface area (Å²) in [5.41, 5.74) is 0.934. The van der Waals surface area contributed by atoms with Gasteiger partial charge in [-0.1, -0.05) is 12.1 Å². The van der Waals surface area contributed by atoms with Gasteiger partial charge in [0.1, 0.15) is 6.10 Å². The molecule has 2 aliphatic heterocycles. The topological polar surface area (TPSA) is 46.2 Å². The average Bonchev–Trinajstić information content (AvgIpc) is 3.16. The fourth-order valence-electron chi connectivity index (χ4n) is 4.12. The lowest BCUT2D eigenvalue weighted by atomic mass is 9.67. The summed E-state index contributed by atoms with van der Waals surface area (Å²) in [6.07, 6.45) is 6.25. The second-order valence-electron chi connectivity index (χ2n) is 6.33. The summed E-state index contributed by atoms with van der Waals surface area (Å²) >= 11 is 0. The van der Waals surface area contributed by atoms with E-state index in [9.17, 15) is 0 Å². The predicted octanol–water partition coefficient (Wildman–Crippen LogP) is 2.78. The number of para-hydroxylation sites is 1. The number of ether oxygens (including phenoxy) is 5. The quantitative estimate of drug-likeness (QED) is 0.802. The highest BCUT2D eigenvalue weighted by Crippen LogP contribution is 2.57. The first-order chi connectivity index (χ1) is 11.2. The molecule has 0 bridgehead atoms. The molecule has 23 heavy (non-hydrogen) atoms. The van der Waals surface area contributed by atoms with Crippen LogP contribution in [0.1, 0.15) is 24.8 Å². The highest BCUT2D eigenvalue weighted by Gasteiger charge is 2.57. The molecular weight excluding hydrogens is 296 g/mol. The monoisotopic (exact) mass is 318 g/mol. The lowest BCUT2D eigenvalue weighted by Gasteiger charge is -2.43. The molecule has 1 aliphatic carbocycles. The van der Waals surface area contributed by atoms with Crippen molar-refractivity contribution in [3.63, 3.8) is 0 Å². The largest absolute Gasteiger partial charge is 0.505 e. The van der Waals surface area contributed by atoms with Gasteiger partial charge in [-0.2, -0.15) is 0 Å². The zero-order valence-corrected chi connectivity index (χ0v) is 13.5. The molecular formula is C18H22O5. The van der Waals surface area contributed by atoms with Gasteiger partial charge in [0.05, 0.1) is 39.1 Å². The predicted molar refractivity (Wildman–Crippen MR) is 83.7 cm³/mol. The molecule has 0 N–H and O–H groups in total. The summed E-state index contributed by atoms with van der Waals surface area (Å²) in [6.45, 7) is 1.31. The van der Waals surface area contributed by atoms with E-state index in [1.807, 2.05) is 12.1 Å². The maximum atomic E-state index is 6.33. The van der Waals surface area contributed by atoms with E-state index >= 15 is 0 Å². The van der Waals surface area contributed by atoms with Crippen LogP contribution in [0, 0.1) is 0 Å². The Kier molecular flexibility index (Phi) is 3.50. The summed E-state index contributed by atoms with van der Waals surface area (Å²) < 4.78 is 28.8. The Labute approximate surface area is 136 Å². The van der Waals surface area contributed by atoms with Crippen LogP contribution in [0.15, 0.2) is 30.5 Å². The van der Waals surface area contributed by atoms with Crippen LogP contribution in [0.25, 0.3) is 0 Å². The average molecular weight is 318 g/mol. The van der Waals surface area contributed by atoms with Gasteiger partial charge < -0.3 is 23.7 Å². The van der Waals surface area contributed by atoms with Gasteiger partial charge in [-0.05, 0) is 18.6 Å². The van der Waals surface area contributed by atoms with E-state index in [1.54, 1.807) is 20.5 Å². The maximum Gasteiger partial charge on any atom is 0.172 e. The third-order valence-electron chi connectivity index (χ3n) is 5.27. The minimum atomic E-state index is -0.496. The Balaban J connectivity index is 1.77. The zero-order chi connectivity index (χ0) is 15.9. The van der Waals surface area contributed by atoms with Gasteiger partial charge in [0, 0.05) is 18.4 Å². The summed E-state index contributed by atoms with van der Waals surface area (Å²) in [6, 6.07) is 6.06. The second-order valence-corrected chi connectivity index (χ2v) is 6.33. The van der Waals surface area contributed by atoms with Gasteiger partial charge in [-0.25, -0.2) is 0 Å². The van der Waals surface area contributed by atoms with Crippen LogP contribution in [0.4, 0.5) is 0 Å². The molecule has 5 nitrogen and oxygen atoms in total. The van der Waals surface area contributed by atoms with Crippen LogP contribution >= 0.6 is 0 Å². The molecule has 5 heteroatoms. The third-order valence-corrected chi connectivity index (χ3v) is 5.27. The number of hydrogen-bond acceptors (Lipinski definition) is 5. The molecule has 1 aromatic rings. The minimum Gasteiger partial charge on any atom is -0.505 e. The van der Waals surface area contributed by atoms with Crippen molar-refractivity contribution < 1.29 is 23.7 Å². The molecule has 3 aliphatic rings. The number of methoxy groups -OCH3 is 2. The van der Waals surface area contributed by atoms with Crippen LogP contribution in [0.2, 0.25) is 0 Å². The molecule has 1 saturated carbocycles. The van der Waals surface area contributed by atoms with E-state index in [0.717, 1.165) is 29.9 Å². The molecule has 4 rings (SSSR count). The Bertz CT molecular complexity index is 620.